The molecule has 0 unspecified atom stereocenters. The molecule has 0 radical (unpaired) electrons. The Labute approximate surface area is 177 Å². The Morgan fingerprint density at radius 3 is 1.93 bits per heavy atom. The molecule has 0 aromatic heterocycles. The van der Waals surface area contributed by atoms with Gasteiger partial charge in [0.1, 0.15) is 5.60 Å². The third-order valence-corrected chi connectivity index (χ3v) is 5.96. The molecule has 29 heavy (non-hydrogen) atoms. The van der Waals surface area contributed by atoms with E-state index in [-0.39, 0.29) is 5.60 Å². The molecule has 1 rings (SSSR count). The van der Waals surface area contributed by atoms with Crippen molar-refractivity contribution in [1.29, 1.82) is 0 Å². The minimum atomic E-state index is -0.711. The molecule has 1 aromatic carbocycles. The number of unbranched alkanes of at least 4 members (excludes halogenated alkanes) is 3. The van der Waals surface area contributed by atoms with Crippen molar-refractivity contribution in [3.05, 3.63) is 34.4 Å². The van der Waals surface area contributed by atoms with Gasteiger partial charge in [0.05, 0.1) is 5.41 Å². The number of ether oxygens (including phenoxy) is 1. The second-order valence-electron chi connectivity index (χ2n) is 9.64. The summed E-state index contributed by atoms with van der Waals surface area (Å²) in [5, 5.41) is 9.21. The van der Waals surface area contributed by atoms with E-state index < -0.39 is 11.4 Å². The first-order valence-corrected chi connectivity index (χ1v) is 10.9. The second-order valence-corrected chi connectivity index (χ2v) is 9.64. The maximum Gasteiger partial charge on any atom is 0.309 e. The Balaban J connectivity index is 2.50. The number of aliphatic carboxylic acids is 1. The van der Waals surface area contributed by atoms with E-state index >= 15 is 0 Å². The highest BCUT2D eigenvalue weighted by Crippen LogP contribution is 2.25. The zero-order chi connectivity index (χ0) is 22.1. The summed E-state index contributed by atoms with van der Waals surface area (Å²) in [5.74, 6) is -0.711. The fourth-order valence-electron chi connectivity index (χ4n) is 3.71. The predicted octanol–water partition coefficient (Wildman–Crippen LogP) is 6.18. The van der Waals surface area contributed by atoms with Gasteiger partial charge in [-0.1, -0.05) is 25.0 Å². The van der Waals surface area contributed by atoms with Gasteiger partial charge in [-0.2, -0.15) is 0 Å². The summed E-state index contributed by atoms with van der Waals surface area (Å²) >= 11 is 0. The Morgan fingerprint density at radius 1 is 0.897 bits per heavy atom. The van der Waals surface area contributed by atoms with Gasteiger partial charge in [-0.3, -0.25) is 9.59 Å². The van der Waals surface area contributed by atoms with Crippen molar-refractivity contribution in [2.75, 3.05) is 0 Å². The Morgan fingerprint density at radius 2 is 1.41 bits per heavy atom. The van der Waals surface area contributed by atoms with Crippen molar-refractivity contribution in [3.8, 4) is 0 Å². The third-order valence-electron chi connectivity index (χ3n) is 5.96. The number of carbonyl (C=O) groups is 2. The van der Waals surface area contributed by atoms with Crippen molar-refractivity contribution in [3.63, 3.8) is 0 Å². The highest BCUT2D eigenvalue weighted by Gasteiger charge is 2.25. The number of carboxylic acid groups (broad SMARTS) is 1. The van der Waals surface area contributed by atoms with Crippen molar-refractivity contribution in [1.82, 2.24) is 0 Å². The average Bonchev–Trinajstić information content (AvgIpc) is 2.61. The van der Waals surface area contributed by atoms with Gasteiger partial charge >= 0.3 is 5.97 Å². The predicted molar refractivity (Wildman–Crippen MR) is 118 cm³/mol. The van der Waals surface area contributed by atoms with Crippen LogP contribution in [0.3, 0.4) is 0 Å². The molecule has 4 nitrogen and oxygen atoms in total. The quantitative estimate of drug-likeness (QED) is 0.297. The molecule has 164 valence electrons. The maximum atomic E-state index is 11.2. The smallest absolute Gasteiger partial charge is 0.309 e. The number of hydrogen-bond acceptors (Lipinski definition) is 3. The van der Waals surface area contributed by atoms with Gasteiger partial charge in [-0.15, -0.1) is 0 Å². The van der Waals surface area contributed by atoms with Gasteiger partial charge in [0.15, 0.2) is 0 Å². The number of rotatable bonds is 14. The van der Waals surface area contributed by atoms with Crippen LogP contribution in [0, 0.1) is 19.3 Å². The molecule has 0 fully saturated rings. The van der Waals surface area contributed by atoms with Crippen molar-refractivity contribution < 1.29 is 19.4 Å². The minimum Gasteiger partial charge on any atom is -0.481 e. The molecule has 0 bridgehead atoms. The van der Waals surface area contributed by atoms with Gasteiger partial charge in [-0.25, -0.2) is 0 Å². The lowest BCUT2D eigenvalue weighted by molar-refractivity contribution is -0.147. The van der Waals surface area contributed by atoms with Gasteiger partial charge < -0.3 is 9.84 Å². The molecule has 0 amide bonds. The minimum absolute atomic E-state index is 0.384. The summed E-state index contributed by atoms with van der Waals surface area (Å²) < 4.78 is 5.13. The SMILES string of the molecule is Cc1cc(C)c(CCCCC(C)(C)OC=O)cc1CCCCCC(C)(C)C(=O)O. The lowest BCUT2D eigenvalue weighted by Gasteiger charge is -2.22. The topological polar surface area (TPSA) is 63.6 Å². The summed E-state index contributed by atoms with van der Waals surface area (Å²) in [5.41, 5.74) is 4.50. The standard InChI is InChI=1S/C25H40O4/c1-19-16-20(2)22(13-9-11-15-25(5,6)29-18-26)17-21(19)12-8-7-10-14-24(3,4)23(27)28/h16-18H,7-15H2,1-6H3,(H,27,28). The van der Waals surface area contributed by atoms with Crippen LogP contribution in [-0.2, 0) is 27.2 Å². The Kier molecular flexibility index (Phi) is 9.88. The normalized spacial score (nSPS) is 12.1. The van der Waals surface area contributed by atoms with Gasteiger partial charge in [0, 0.05) is 0 Å². The van der Waals surface area contributed by atoms with Crippen LogP contribution < -0.4 is 0 Å². The van der Waals surface area contributed by atoms with Crippen molar-refractivity contribution in [2.45, 2.75) is 105 Å². The van der Waals surface area contributed by atoms with Crippen molar-refractivity contribution in [2.24, 2.45) is 5.41 Å². The maximum absolute atomic E-state index is 11.2. The summed E-state index contributed by atoms with van der Waals surface area (Å²) in [6, 6.07) is 4.65. The number of carboxylic acids is 1. The third kappa shape index (κ3) is 9.01. The van der Waals surface area contributed by atoms with E-state index in [1.165, 1.54) is 22.3 Å². The molecule has 4 heteroatoms. The van der Waals surface area contributed by atoms with Crippen molar-refractivity contribution >= 4 is 12.4 Å². The van der Waals surface area contributed by atoms with Crippen LogP contribution in [0.25, 0.3) is 0 Å². The highest BCUT2D eigenvalue weighted by atomic mass is 16.5. The van der Waals surface area contributed by atoms with Gasteiger partial charge in [-0.05, 0) is 109 Å². The second kappa shape index (κ2) is 11.4. The van der Waals surface area contributed by atoms with Crippen LogP contribution in [0.15, 0.2) is 12.1 Å². The van der Waals surface area contributed by atoms with E-state index in [1.807, 2.05) is 13.8 Å². The molecule has 1 N–H and O–H groups in total. The van der Waals surface area contributed by atoms with E-state index in [0.717, 1.165) is 57.8 Å². The average molecular weight is 405 g/mol. The number of carbonyl (C=O) groups excluding carboxylic acids is 1. The molecule has 0 heterocycles. The van der Waals surface area contributed by atoms with E-state index in [9.17, 15) is 14.7 Å². The first-order chi connectivity index (χ1) is 13.5. The largest absolute Gasteiger partial charge is 0.481 e. The molecule has 0 aliphatic rings. The molecular formula is C25H40O4. The van der Waals surface area contributed by atoms with Gasteiger partial charge in [0.25, 0.3) is 6.47 Å². The molecule has 0 atom stereocenters. The summed E-state index contributed by atoms with van der Waals surface area (Å²) in [4.78, 5) is 21.7. The van der Waals surface area contributed by atoms with E-state index in [0.29, 0.717) is 6.47 Å². The van der Waals surface area contributed by atoms with Gasteiger partial charge in [0.2, 0.25) is 0 Å². The van der Waals surface area contributed by atoms with E-state index in [1.54, 1.807) is 13.8 Å². The monoisotopic (exact) mass is 404 g/mol. The van der Waals surface area contributed by atoms with Crippen LogP contribution in [0.4, 0.5) is 0 Å². The number of hydrogen-bond donors (Lipinski definition) is 1. The molecule has 0 aliphatic heterocycles. The van der Waals surface area contributed by atoms with Crippen LogP contribution >= 0.6 is 0 Å². The molecule has 0 saturated carbocycles. The van der Waals surface area contributed by atoms with Crippen LogP contribution in [0.5, 0.6) is 0 Å². The lowest BCUT2D eigenvalue weighted by Crippen LogP contribution is -2.23. The van der Waals surface area contributed by atoms with Crippen LogP contribution in [0.1, 0.15) is 94.9 Å². The van der Waals surface area contributed by atoms with Crippen LogP contribution in [-0.4, -0.2) is 23.1 Å². The van der Waals surface area contributed by atoms with E-state index in [2.05, 4.69) is 26.0 Å². The zero-order valence-electron chi connectivity index (χ0n) is 19.3. The highest BCUT2D eigenvalue weighted by molar-refractivity contribution is 5.73. The fourth-order valence-corrected chi connectivity index (χ4v) is 3.71. The molecular weight excluding hydrogens is 364 g/mol. The summed E-state index contributed by atoms with van der Waals surface area (Å²) in [7, 11) is 0. The Bertz CT molecular complexity index is 674. The molecule has 0 aliphatic carbocycles. The van der Waals surface area contributed by atoms with E-state index in [4.69, 9.17) is 4.74 Å². The fraction of sp³-hybridized carbons (Fsp3) is 0.680. The summed E-state index contributed by atoms with van der Waals surface area (Å²) in [6.45, 7) is 12.4. The lowest BCUT2D eigenvalue weighted by atomic mass is 9.86. The molecule has 0 spiro atoms. The number of benzene rings is 1. The number of aryl methyl sites for hydroxylation is 4. The first kappa shape index (κ1) is 25.2. The Hall–Kier alpha value is -1.84. The molecule has 0 saturated heterocycles. The van der Waals surface area contributed by atoms with Crippen LogP contribution in [0.2, 0.25) is 0 Å². The zero-order valence-corrected chi connectivity index (χ0v) is 19.3. The summed E-state index contributed by atoms with van der Waals surface area (Å²) in [6.07, 6.45) is 8.91. The first-order valence-electron chi connectivity index (χ1n) is 10.9. The molecule has 1 aromatic rings.